The fourth-order valence-corrected chi connectivity index (χ4v) is 11.7. The first-order valence-corrected chi connectivity index (χ1v) is 26.5. The lowest BCUT2D eigenvalue weighted by Gasteiger charge is -2.37. The molecular weight excluding hydrogens is 949 g/mol. The Morgan fingerprint density at radius 1 is 0.930 bits per heavy atom. The van der Waals surface area contributed by atoms with Crippen LogP contribution in [-0.4, -0.2) is 120 Å². The van der Waals surface area contributed by atoms with Crippen molar-refractivity contribution in [3.8, 4) is 21.6 Å². The number of thiazole rings is 1. The van der Waals surface area contributed by atoms with Gasteiger partial charge in [0.1, 0.15) is 23.7 Å². The number of aliphatic hydroxyl groups excluding tert-OH is 1. The number of nitrogens with zero attached hydrogens (tertiary/aromatic N) is 5. The number of sulfone groups is 1. The number of benzene rings is 3. The maximum absolute atomic E-state index is 15.7. The number of aryl methyl sites for hydroxylation is 1. The molecule has 0 spiro atoms. The third-order valence-electron chi connectivity index (χ3n) is 13.3. The van der Waals surface area contributed by atoms with E-state index in [2.05, 4.69) is 25.5 Å². The number of ketones is 1. The second-order valence-electron chi connectivity index (χ2n) is 19.6. The molecule has 3 amide bonds. The maximum atomic E-state index is 15.7. The highest BCUT2D eigenvalue weighted by Crippen LogP contribution is 2.35. The number of hydrogen-bond donors (Lipinski definition) is 3. The number of fused-ring (bicyclic) bond motifs is 1. The number of Topliss-reactive ketones (excluding diaryl/α,β-unsaturated/α-hetero) is 1. The summed E-state index contributed by atoms with van der Waals surface area (Å²) in [7, 11) is -3.66. The van der Waals surface area contributed by atoms with Gasteiger partial charge in [-0.15, -0.1) is 11.3 Å². The topological polar surface area (TPSA) is 182 Å². The number of rotatable bonds is 16. The monoisotopic (exact) mass is 1010 g/mol. The molecule has 2 saturated heterocycles. The third-order valence-corrected chi connectivity index (χ3v) is 16.1. The van der Waals surface area contributed by atoms with Crippen LogP contribution < -0.4 is 15.5 Å². The number of likely N-dealkylation sites (tertiary alicyclic amines) is 1. The predicted molar refractivity (Wildman–Crippen MR) is 270 cm³/mol. The molecule has 0 bridgehead atoms. The van der Waals surface area contributed by atoms with Gasteiger partial charge in [0.25, 0.3) is 0 Å². The van der Waals surface area contributed by atoms with Gasteiger partial charge < -0.3 is 25.5 Å². The van der Waals surface area contributed by atoms with Crippen molar-refractivity contribution in [2.24, 2.45) is 5.41 Å². The molecule has 3 atom stereocenters. The smallest absolute Gasteiger partial charge is 0.246 e. The molecule has 0 unspecified atom stereocenters. The summed E-state index contributed by atoms with van der Waals surface area (Å²) in [6, 6.07) is 17.6. The summed E-state index contributed by atoms with van der Waals surface area (Å²) in [5.74, 6) is -5.04. The van der Waals surface area contributed by atoms with Crippen molar-refractivity contribution in [2.45, 2.75) is 84.4 Å². The number of piperazine rings is 1. The van der Waals surface area contributed by atoms with Gasteiger partial charge in [0.05, 0.1) is 51.5 Å². The van der Waals surface area contributed by atoms with E-state index < -0.39 is 68.1 Å². The Hall–Kier alpha value is -6.21. The van der Waals surface area contributed by atoms with E-state index in [0.29, 0.717) is 55.8 Å². The van der Waals surface area contributed by atoms with Gasteiger partial charge in [-0.1, -0.05) is 76.2 Å². The molecule has 14 nitrogen and oxygen atoms in total. The van der Waals surface area contributed by atoms with E-state index in [-0.39, 0.29) is 54.8 Å². The summed E-state index contributed by atoms with van der Waals surface area (Å²) in [5, 5.41) is 16.6. The van der Waals surface area contributed by atoms with Crippen LogP contribution in [0.2, 0.25) is 0 Å². The van der Waals surface area contributed by atoms with Gasteiger partial charge in [0, 0.05) is 86.3 Å². The standard InChI is InChI=1S/C53H59F2N7O7S2/c1-6-23-71(68,69)30-36-13-17-42(54)46(47(36)55)48(65)40-16-18-43-41(40)24-37(27-56-43)34-11-14-38(15-12-34)61-21-19-60(20-22-61)29-45(64)59-50(53(3,4)5)52(67)62-28-39(63)25-44(62)51(66)57-26-33-7-9-35(10-8-33)49-32(2)58-31-70-49/h7-17,24,27,31,39,44,50,63H,6,18-23,25-26,28-30H2,1-5H3,(H,57,66)(H,59,64)/t39-,44+,50-/m1/s1. The number of halogens is 2. The Labute approximate surface area is 417 Å². The zero-order valence-electron chi connectivity index (χ0n) is 40.5. The Bertz CT molecular complexity index is 2970. The number of pyridine rings is 1. The molecule has 2 fully saturated rings. The van der Waals surface area contributed by atoms with Crippen molar-refractivity contribution in [3.63, 3.8) is 0 Å². The van der Waals surface area contributed by atoms with E-state index in [1.165, 1.54) is 4.90 Å². The molecule has 5 aromatic rings. The number of aromatic nitrogens is 2. The number of β-amino-alcohol motifs (C(OH)–C–C–N with tert-alkyl or cyclic N) is 1. The van der Waals surface area contributed by atoms with Crippen LogP contribution in [0.1, 0.15) is 79.0 Å². The van der Waals surface area contributed by atoms with Crippen molar-refractivity contribution < 1.29 is 41.5 Å². The second-order valence-corrected chi connectivity index (χ2v) is 22.6. The highest BCUT2D eigenvalue weighted by Gasteiger charge is 2.44. The molecule has 18 heteroatoms. The van der Waals surface area contributed by atoms with Crippen molar-refractivity contribution in [1.29, 1.82) is 0 Å². The number of allylic oxidation sites excluding steroid dienone is 2. The number of hydrogen-bond acceptors (Lipinski definition) is 12. The molecule has 0 saturated carbocycles. The van der Waals surface area contributed by atoms with Gasteiger partial charge in [0.2, 0.25) is 17.7 Å². The van der Waals surface area contributed by atoms with Gasteiger partial charge in [-0.25, -0.2) is 22.2 Å². The first kappa shape index (κ1) is 51.2. The Morgan fingerprint density at radius 3 is 2.30 bits per heavy atom. The third kappa shape index (κ3) is 11.6. The van der Waals surface area contributed by atoms with E-state index in [1.807, 2.05) is 81.1 Å². The van der Waals surface area contributed by atoms with Gasteiger partial charge in [0.15, 0.2) is 15.6 Å². The number of anilines is 1. The molecule has 374 valence electrons. The molecule has 1 aliphatic carbocycles. The largest absolute Gasteiger partial charge is 0.391 e. The molecule has 8 rings (SSSR count). The summed E-state index contributed by atoms with van der Waals surface area (Å²) in [6.45, 7) is 11.9. The molecule has 3 aliphatic rings. The lowest BCUT2D eigenvalue weighted by atomic mass is 9.85. The highest BCUT2D eigenvalue weighted by atomic mass is 32.2. The van der Waals surface area contributed by atoms with Gasteiger partial charge in [-0.3, -0.25) is 29.1 Å². The minimum Gasteiger partial charge on any atom is -0.391 e. The summed E-state index contributed by atoms with van der Waals surface area (Å²) < 4.78 is 55.7. The average molecular weight is 1010 g/mol. The molecule has 4 heterocycles. The van der Waals surface area contributed by atoms with E-state index >= 15 is 8.78 Å². The normalized spacial score (nSPS) is 17.7. The number of amides is 3. The minimum atomic E-state index is -3.66. The first-order valence-electron chi connectivity index (χ1n) is 23.8. The zero-order chi connectivity index (χ0) is 50.8. The van der Waals surface area contributed by atoms with Crippen LogP contribution in [0.25, 0.3) is 27.1 Å². The Morgan fingerprint density at radius 2 is 1.63 bits per heavy atom. The fourth-order valence-electron chi connectivity index (χ4n) is 9.46. The zero-order valence-corrected chi connectivity index (χ0v) is 42.1. The molecular formula is C53H59F2N7O7S2. The Balaban J connectivity index is 0.847. The van der Waals surface area contributed by atoms with Crippen molar-refractivity contribution in [1.82, 2.24) is 30.4 Å². The summed E-state index contributed by atoms with van der Waals surface area (Å²) in [6.07, 6.45) is 3.12. The molecule has 3 aromatic carbocycles. The van der Waals surface area contributed by atoms with Gasteiger partial charge in [-0.2, -0.15) is 0 Å². The van der Waals surface area contributed by atoms with Crippen molar-refractivity contribution >= 4 is 55.9 Å². The van der Waals surface area contributed by atoms with Crippen LogP contribution >= 0.6 is 11.3 Å². The fraction of sp³-hybridized carbons (Fsp3) is 0.396. The molecule has 0 radical (unpaired) electrons. The predicted octanol–water partition coefficient (Wildman–Crippen LogP) is 6.54. The second kappa shape index (κ2) is 21.2. The van der Waals surface area contributed by atoms with E-state index in [1.54, 1.807) is 42.1 Å². The quantitative estimate of drug-likeness (QED) is 0.0914. The Kier molecular flexibility index (Phi) is 15.3. The summed E-state index contributed by atoms with van der Waals surface area (Å²) >= 11 is 1.56. The summed E-state index contributed by atoms with van der Waals surface area (Å²) in [4.78, 5) is 70.7. The van der Waals surface area contributed by atoms with Crippen LogP contribution in [0.3, 0.4) is 0 Å². The SMILES string of the molecule is CCCS(=O)(=O)Cc1ccc(F)c(C(=O)C2=CCc3ncc(-c4ccc(N5CCN(CC(=O)N[C@H](C(=O)N6C[C@H](O)C[C@H]6C(=O)NCc6ccc(-c7scnc7C)cc6)C(C)(C)C)CC5)cc4)cc32)c1F. The van der Waals surface area contributed by atoms with E-state index in [9.17, 15) is 32.7 Å². The average Bonchev–Trinajstić information content (AvgIpc) is 4.08. The van der Waals surface area contributed by atoms with Crippen LogP contribution in [0.4, 0.5) is 14.5 Å². The number of nitrogens with one attached hydrogen (secondary N) is 2. The number of carbonyl (C=O) groups excluding carboxylic acids is 4. The van der Waals surface area contributed by atoms with Crippen LogP contribution in [0, 0.1) is 24.0 Å². The highest BCUT2D eigenvalue weighted by molar-refractivity contribution is 7.90. The van der Waals surface area contributed by atoms with Crippen molar-refractivity contribution in [3.05, 3.63) is 130 Å². The van der Waals surface area contributed by atoms with Crippen molar-refractivity contribution in [2.75, 3.05) is 49.9 Å². The summed E-state index contributed by atoms with van der Waals surface area (Å²) in [5.41, 5.74) is 6.53. The van der Waals surface area contributed by atoms with E-state index in [4.69, 9.17) is 0 Å². The maximum Gasteiger partial charge on any atom is 0.246 e. The first-order chi connectivity index (χ1) is 33.8. The van der Waals surface area contributed by atoms with Crippen LogP contribution in [-0.2, 0) is 42.9 Å². The number of aliphatic hydroxyl groups is 1. The molecule has 2 aliphatic heterocycles. The molecule has 3 N–H and O–H groups in total. The van der Waals surface area contributed by atoms with Crippen LogP contribution in [0.15, 0.2) is 84.5 Å². The minimum absolute atomic E-state index is 0.0212. The van der Waals surface area contributed by atoms with Gasteiger partial charge in [-0.05, 0) is 59.7 Å². The van der Waals surface area contributed by atoms with E-state index in [0.717, 1.165) is 45.1 Å². The lowest BCUT2D eigenvalue weighted by Crippen LogP contribution is -2.59. The number of carbonyl (C=O) groups is 4. The van der Waals surface area contributed by atoms with Gasteiger partial charge >= 0.3 is 0 Å². The van der Waals surface area contributed by atoms with Crippen LogP contribution in [0.5, 0.6) is 0 Å². The lowest BCUT2D eigenvalue weighted by molar-refractivity contribution is -0.144. The molecule has 2 aromatic heterocycles. The molecule has 71 heavy (non-hydrogen) atoms.